The molecule has 0 radical (unpaired) electrons. The van der Waals surface area contributed by atoms with Crippen molar-refractivity contribution in [1.82, 2.24) is 5.32 Å². The summed E-state index contributed by atoms with van der Waals surface area (Å²) in [5.41, 5.74) is 1.60. The van der Waals surface area contributed by atoms with Crippen LogP contribution in [0.15, 0.2) is 18.2 Å². The first kappa shape index (κ1) is 18.0. The van der Waals surface area contributed by atoms with Crippen LogP contribution in [0.5, 0.6) is 5.75 Å². The molecule has 5 nitrogen and oxygen atoms in total. The van der Waals surface area contributed by atoms with Crippen LogP contribution in [0.4, 0.5) is 5.69 Å². The van der Waals surface area contributed by atoms with Gasteiger partial charge < -0.3 is 20.1 Å². The van der Waals surface area contributed by atoms with E-state index < -0.39 is 5.41 Å². The van der Waals surface area contributed by atoms with Crippen molar-refractivity contribution >= 4 is 24.0 Å². The van der Waals surface area contributed by atoms with E-state index in [1.165, 1.54) is 5.56 Å². The number of benzene rings is 1. The Kier molecular flexibility index (Phi) is 6.27. The lowest BCUT2D eigenvalue weighted by Crippen LogP contribution is -2.47. The molecule has 0 bridgehead atoms. The van der Waals surface area contributed by atoms with E-state index in [9.17, 15) is 4.79 Å². The molecular weight excluding hydrogens is 316 g/mol. The topological polar surface area (TPSA) is 59.6 Å². The van der Waals surface area contributed by atoms with Gasteiger partial charge in [-0.1, -0.05) is 0 Å². The molecule has 2 aliphatic rings. The molecule has 2 aliphatic heterocycles. The number of halogens is 1. The lowest BCUT2D eigenvalue weighted by molar-refractivity contribution is -0.130. The minimum absolute atomic E-state index is 0. The standard InChI is InChI=1S/C17H24N2O3.ClH/c1-21-12-17(6-8-18-9-7-17)16(20)19-14-4-5-15-13(11-14)3-2-10-22-15;/h4-5,11,18H,2-3,6-10,12H2,1H3,(H,19,20);1H. The van der Waals surface area contributed by atoms with Gasteiger partial charge in [-0.3, -0.25) is 4.79 Å². The normalized spacial score (nSPS) is 19.0. The van der Waals surface area contributed by atoms with Gasteiger partial charge in [0.15, 0.2) is 0 Å². The van der Waals surface area contributed by atoms with Gasteiger partial charge in [-0.05, 0) is 62.5 Å². The molecule has 128 valence electrons. The van der Waals surface area contributed by atoms with E-state index in [2.05, 4.69) is 10.6 Å². The fourth-order valence-corrected chi connectivity index (χ4v) is 3.32. The molecule has 0 saturated carbocycles. The van der Waals surface area contributed by atoms with Crippen molar-refractivity contribution in [3.8, 4) is 5.75 Å². The van der Waals surface area contributed by atoms with Crippen LogP contribution in [0.1, 0.15) is 24.8 Å². The number of rotatable bonds is 4. The van der Waals surface area contributed by atoms with Crippen LogP contribution < -0.4 is 15.4 Å². The highest BCUT2D eigenvalue weighted by molar-refractivity contribution is 5.95. The fourth-order valence-electron chi connectivity index (χ4n) is 3.32. The Morgan fingerprint density at radius 3 is 2.91 bits per heavy atom. The molecule has 0 aromatic heterocycles. The molecule has 1 aromatic rings. The molecule has 0 unspecified atom stereocenters. The first-order valence-corrected chi connectivity index (χ1v) is 8.00. The molecule has 1 saturated heterocycles. The molecule has 6 heteroatoms. The van der Waals surface area contributed by atoms with Crippen LogP contribution in [0.2, 0.25) is 0 Å². The number of ether oxygens (including phenoxy) is 2. The number of methoxy groups -OCH3 is 1. The van der Waals surface area contributed by atoms with Gasteiger partial charge in [0, 0.05) is 12.8 Å². The third-order valence-corrected chi connectivity index (χ3v) is 4.63. The van der Waals surface area contributed by atoms with Gasteiger partial charge in [0.25, 0.3) is 0 Å². The second-order valence-electron chi connectivity index (χ2n) is 6.19. The number of hydrogen-bond acceptors (Lipinski definition) is 4. The second kappa shape index (κ2) is 7.99. The average Bonchev–Trinajstić information content (AvgIpc) is 2.56. The third kappa shape index (κ3) is 3.97. The molecule has 3 rings (SSSR count). The van der Waals surface area contributed by atoms with E-state index in [0.29, 0.717) is 6.61 Å². The summed E-state index contributed by atoms with van der Waals surface area (Å²) in [6.07, 6.45) is 3.65. The van der Waals surface area contributed by atoms with Crippen LogP contribution in [-0.2, 0) is 16.0 Å². The molecule has 0 aliphatic carbocycles. The number of piperidine rings is 1. The first-order chi connectivity index (χ1) is 10.7. The molecule has 1 aromatic carbocycles. The van der Waals surface area contributed by atoms with Crippen LogP contribution >= 0.6 is 12.4 Å². The van der Waals surface area contributed by atoms with Crippen molar-refractivity contribution in [2.45, 2.75) is 25.7 Å². The van der Waals surface area contributed by atoms with Crippen molar-refractivity contribution in [2.75, 3.05) is 38.7 Å². The zero-order valence-electron chi connectivity index (χ0n) is 13.5. The summed E-state index contributed by atoms with van der Waals surface area (Å²) in [6.45, 7) is 2.96. The number of anilines is 1. The first-order valence-electron chi connectivity index (χ1n) is 8.00. The molecule has 2 heterocycles. The summed E-state index contributed by atoms with van der Waals surface area (Å²) in [7, 11) is 1.66. The van der Waals surface area contributed by atoms with E-state index in [1.54, 1.807) is 7.11 Å². The molecule has 0 atom stereocenters. The SMILES string of the molecule is COCC1(C(=O)Nc2ccc3c(c2)CCCO3)CCNCC1.Cl. The number of carbonyl (C=O) groups is 1. The molecule has 23 heavy (non-hydrogen) atoms. The minimum atomic E-state index is -0.424. The predicted octanol–water partition coefficient (Wildman–Crippen LogP) is 2.39. The van der Waals surface area contributed by atoms with Crippen LogP contribution in [0.3, 0.4) is 0 Å². The highest BCUT2D eigenvalue weighted by Gasteiger charge is 2.39. The largest absolute Gasteiger partial charge is 0.493 e. The summed E-state index contributed by atoms with van der Waals surface area (Å²) in [5, 5.41) is 6.39. The van der Waals surface area contributed by atoms with E-state index in [1.807, 2.05) is 18.2 Å². The number of nitrogens with one attached hydrogen (secondary N) is 2. The van der Waals surface area contributed by atoms with Gasteiger partial charge in [-0.25, -0.2) is 0 Å². The van der Waals surface area contributed by atoms with Crippen LogP contribution in [0.25, 0.3) is 0 Å². The predicted molar refractivity (Wildman–Crippen MR) is 92.5 cm³/mol. The third-order valence-electron chi connectivity index (χ3n) is 4.63. The zero-order chi connectivity index (χ0) is 15.4. The van der Waals surface area contributed by atoms with E-state index in [0.717, 1.165) is 56.8 Å². The maximum absolute atomic E-state index is 12.8. The van der Waals surface area contributed by atoms with Crippen molar-refractivity contribution < 1.29 is 14.3 Å². The van der Waals surface area contributed by atoms with E-state index in [-0.39, 0.29) is 18.3 Å². The van der Waals surface area contributed by atoms with Gasteiger partial charge in [0.05, 0.1) is 18.6 Å². The minimum Gasteiger partial charge on any atom is -0.493 e. The Balaban J connectivity index is 0.00000192. The van der Waals surface area contributed by atoms with Gasteiger partial charge in [-0.15, -0.1) is 12.4 Å². The quantitative estimate of drug-likeness (QED) is 0.883. The lowest BCUT2D eigenvalue weighted by atomic mass is 9.78. The monoisotopic (exact) mass is 340 g/mol. The Bertz CT molecular complexity index is 539. The Hall–Kier alpha value is -1.30. The molecule has 1 fully saturated rings. The number of fused-ring (bicyclic) bond motifs is 1. The summed E-state index contributed by atoms with van der Waals surface area (Å²) in [6, 6.07) is 5.91. The Morgan fingerprint density at radius 2 is 2.17 bits per heavy atom. The number of amides is 1. The maximum Gasteiger partial charge on any atom is 0.233 e. The maximum atomic E-state index is 12.8. The van der Waals surface area contributed by atoms with Crippen molar-refractivity contribution in [2.24, 2.45) is 5.41 Å². The van der Waals surface area contributed by atoms with Crippen molar-refractivity contribution in [1.29, 1.82) is 0 Å². The van der Waals surface area contributed by atoms with Gasteiger partial charge >= 0.3 is 0 Å². The Morgan fingerprint density at radius 1 is 1.39 bits per heavy atom. The molecule has 2 N–H and O–H groups in total. The summed E-state index contributed by atoms with van der Waals surface area (Å²) < 4.78 is 10.9. The number of aryl methyl sites for hydroxylation is 1. The van der Waals surface area contributed by atoms with Crippen molar-refractivity contribution in [3.63, 3.8) is 0 Å². The van der Waals surface area contributed by atoms with Crippen LogP contribution in [-0.4, -0.2) is 39.3 Å². The zero-order valence-corrected chi connectivity index (χ0v) is 14.3. The molecule has 1 amide bonds. The second-order valence-corrected chi connectivity index (χ2v) is 6.19. The van der Waals surface area contributed by atoms with Gasteiger partial charge in [0.2, 0.25) is 5.91 Å². The summed E-state index contributed by atoms with van der Waals surface area (Å²) in [4.78, 5) is 12.8. The number of hydrogen-bond donors (Lipinski definition) is 2. The highest BCUT2D eigenvalue weighted by Crippen LogP contribution is 2.32. The fraction of sp³-hybridized carbons (Fsp3) is 0.588. The van der Waals surface area contributed by atoms with Crippen molar-refractivity contribution in [3.05, 3.63) is 23.8 Å². The highest BCUT2D eigenvalue weighted by atomic mass is 35.5. The lowest BCUT2D eigenvalue weighted by Gasteiger charge is -2.35. The van der Waals surface area contributed by atoms with E-state index >= 15 is 0 Å². The van der Waals surface area contributed by atoms with Crippen LogP contribution in [0, 0.1) is 5.41 Å². The molecule has 0 spiro atoms. The smallest absolute Gasteiger partial charge is 0.233 e. The van der Waals surface area contributed by atoms with Gasteiger partial charge in [-0.2, -0.15) is 0 Å². The average molecular weight is 341 g/mol. The van der Waals surface area contributed by atoms with Gasteiger partial charge in [0.1, 0.15) is 5.75 Å². The Labute approximate surface area is 143 Å². The van der Waals surface area contributed by atoms with E-state index in [4.69, 9.17) is 9.47 Å². The molecular formula is C17H25ClN2O3. The number of carbonyl (C=O) groups excluding carboxylic acids is 1. The summed E-state index contributed by atoms with van der Waals surface area (Å²) in [5.74, 6) is 1.00. The summed E-state index contributed by atoms with van der Waals surface area (Å²) >= 11 is 0.